The summed E-state index contributed by atoms with van der Waals surface area (Å²) in [6.07, 6.45) is 1.51. The second-order valence-electron chi connectivity index (χ2n) is 7.75. The van der Waals surface area contributed by atoms with E-state index in [0.717, 1.165) is 41.2 Å². The van der Waals surface area contributed by atoms with Crippen molar-refractivity contribution in [2.45, 2.75) is 32.2 Å². The lowest BCUT2D eigenvalue weighted by atomic mass is 9.95. The third-order valence-electron chi connectivity index (χ3n) is 4.86. The van der Waals surface area contributed by atoms with Gasteiger partial charge in [-0.1, -0.05) is 12.1 Å². The van der Waals surface area contributed by atoms with Crippen LogP contribution in [0.3, 0.4) is 0 Å². The zero-order valence-corrected chi connectivity index (χ0v) is 17.8. The number of H-pyrrole nitrogens is 1. The number of aromatic amines is 1. The van der Waals surface area contributed by atoms with Gasteiger partial charge in [-0.25, -0.2) is 0 Å². The number of carbonyl (C=O) groups is 1. The smallest absolute Gasteiger partial charge is 0.256 e. The maximum atomic E-state index is 12.5. The lowest BCUT2D eigenvalue weighted by Crippen LogP contribution is -2.28. The van der Waals surface area contributed by atoms with Crippen molar-refractivity contribution < 1.29 is 14.3 Å². The zero-order chi connectivity index (χ0) is 21.7. The van der Waals surface area contributed by atoms with Crippen LogP contribution in [-0.4, -0.2) is 30.3 Å². The second-order valence-corrected chi connectivity index (χ2v) is 7.75. The Morgan fingerprint density at radius 1 is 1.03 bits per heavy atom. The summed E-state index contributed by atoms with van der Waals surface area (Å²) in [7, 11) is 3.26. The van der Waals surface area contributed by atoms with Crippen LogP contribution >= 0.6 is 0 Å². The number of nitrogens with two attached hydrogens (primary N) is 1. The van der Waals surface area contributed by atoms with Crippen molar-refractivity contribution in [3.63, 3.8) is 0 Å². The Morgan fingerprint density at radius 2 is 1.67 bits per heavy atom. The number of benzene rings is 2. The maximum absolute atomic E-state index is 12.5. The molecule has 158 valence electrons. The van der Waals surface area contributed by atoms with Gasteiger partial charge in [0.2, 0.25) is 0 Å². The fourth-order valence-corrected chi connectivity index (χ4v) is 3.08. The van der Waals surface area contributed by atoms with E-state index < -0.39 is 5.54 Å². The summed E-state index contributed by atoms with van der Waals surface area (Å²) >= 11 is 0. The quantitative estimate of drug-likeness (QED) is 0.528. The van der Waals surface area contributed by atoms with E-state index in [-0.39, 0.29) is 5.91 Å². The van der Waals surface area contributed by atoms with Crippen molar-refractivity contribution in [1.29, 1.82) is 0 Å². The van der Waals surface area contributed by atoms with Gasteiger partial charge in [0, 0.05) is 28.9 Å². The molecule has 3 aromatic rings. The standard InChI is InChI=1S/C23H28N4O3/c1-23(2,24)17-8-6-16(7-9-17)22(28)25-21-13-18(26-27-21)10-5-15-11-19(29-3)14-20(12-15)30-4/h6-9,11-14H,5,10,24H2,1-4H3,(H2,25,26,27,28). The van der Waals surface area contributed by atoms with E-state index in [0.29, 0.717) is 11.4 Å². The van der Waals surface area contributed by atoms with Gasteiger partial charge in [-0.2, -0.15) is 5.10 Å². The van der Waals surface area contributed by atoms with Gasteiger partial charge in [-0.15, -0.1) is 0 Å². The first-order valence-corrected chi connectivity index (χ1v) is 9.75. The number of hydrogen-bond acceptors (Lipinski definition) is 5. The molecule has 7 heteroatoms. The van der Waals surface area contributed by atoms with Gasteiger partial charge >= 0.3 is 0 Å². The topological polar surface area (TPSA) is 102 Å². The predicted octanol–water partition coefficient (Wildman–Crippen LogP) is 3.66. The molecular formula is C23H28N4O3. The van der Waals surface area contributed by atoms with Crippen molar-refractivity contribution in [2.24, 2.45) is 5.73 Å². The summed E-state index contributed by atoms with van der Waals surface area (Å²) in [6.45, 7) is 3.85. The highest BCUT2D eigenvalue weighted by Gasteiger charge is 2.15. The summed E-state index contributed by atoms with van der Waals surface area (Å²) in [5.41, 5.74) is 9.17. The van der Waals surface area contributed by atoms with Crippen LogP contribution in [0.4, 0.5) is 5.82 Å². The Bertz CT molecular complexity index is 982. The molecule has 0 aliphatic heterocycles. The van der Waals surface area contributed by atoms with Gasteiger partial charge in [0.15, 0.2) is 5.82 Å². The van der Waals surface area contributed by atoms with E-state index >= 15 is 0 Å². The molecule has 2 aromatic carbocycles. The minimum absolute atomic E-state index is 0.216. The molecule has 30 heavy (non-hydrogen) atoms. The molecule has 0 radical (unpaired) electrons. The first-order chi connectivity index (χ1) is 14.3. The number of nitrogens with one attached hydrogen (secondary N) is 2. The fourth-order valence-electron chi connectivity index (χ4n) is 3.08. The number of ether oxygens (including phenoxy) is 2. The molecule has 7 nitrogen and oxygen atoms in total. The van der Waals surface area contributed by atoms with E-state index in [1.54, 1.807) is 26.4 Å². The van der Waals surface area contributed by atoms with Gasteiger partial charge in [0.25, 0.3) is 5.91 Å². The molecule has 0 saturated heterocycles. The molecule has 0 bridgehead atoms. The average molecular weight is 409 g/mol. The van der Waals surface area contributed by atoms with E-state index in [2.05, 4.69) is 15.5 Å². The number of anilines is 1. The Balaban J connectivity index is 1.60. The van der Waals surface area contributed by atoms with Gasteiger partial charge in [-0.05, 0) is 62.1 Å². The summed E-state index contributed by atoms with van der Waals surface area (Å²) in [5.74, 6) is 1.78. The SMILES string of the molecule is COc1cc(CCc2cc(NC(=O)c3ccc(C(C)(C)N)cc3)n[nH]2)cc(OC)c1. The third-order valence-corrected chi connectivity index (χ3v) is 4.86. The molecule has 0 fully saturated rings. The number of carbonyl (C=O) groups excluding carboxylic acids is 1. The van der Waals surface area contributed by atoms with Gasteiger partial charge in [0.1, 0.15) is 11.5 Å². The largest absolute Gasteiger partial charge is 0.497 e. The highest BCUT2D eigenvalue weighted by molar-refractivity contribution is 6.03. The average Bonchev–Trinajstić information content (AvgIpc) is 3.18. The minimum Gasteiger partial charge on any atom is -0.497 e. The molecular weight excluding hydrogens is 380 g/mol. The Labute approximate surface area is 176 Å². The normalized spacial score (nSPS) is 11.2. The Morgan fingerprint density at radius 3 is 2.23 bits per heavy atom. The van der Waals surface area contributed by atoms with Crippen LogP contribution in [0.5, 0.6) is 11.5 Å². The molecule has 0 saturated carbocycles. The van der Waals surface area contributed by atoms with Gasteiger partial charge < -0.3 is 20.5 Å². The number of rotatable bonds is 8. The van der Waals surface area contributed by atoms with Gasteiger partial charge in [-0.3, -0.25) is 9.89 Å². The minimum atomic E-state index is -0.446. The number of aryl methyl sites for hydroxylation is 2. The summed E-state index contributed by atoms with van der Waals surface area (Å²) in [4.78, 5) is 12.5. The van der Waals surface area contributed by atoms with Crippen LogP contribution in [-0.2, 0) is 18.4 Å². The first kappa shape index (κ1) is 21.4. The van der Waals surface area contributed by atoms with Crippen molar-refractivity contribution in [3.8, 4) is 11.5 Å². The summed E-state index contributed by atoms with van der Waals surface area (Å²) in [6, 6.07) is 14.9. The molecule has 0 aliphatic carbocycles. The van der Waals surface area contributed by atoms with Crippen molar-refractivity contribution >= 4 is 11.7 Å². The van der Waals surface area contributed by atoms with Crippen molar-refractivity contribution in [2.75, 3.05) is 19.5 Å². The lowest BCUT2D eigenvalue weighted by molar-refractivity contribution is 0.102. The van der Waals surface area contributed by atoms with Crippen LogP contribution in [0.2, 0.25) is 0 Å². The van der Waals surface area contributed by atoms with E-state index in [9.17, 15) is 4.79 Å². The van der Waals surface area contributed by atoms with Crippen LogP contribution in [0.25, 0.3) is 0 Å². The Kier molecular flexibility index (Phi) is 6.42. The van der Waals surface area contributed by atoms with Crippen LogP contribution in [0.15, 0.2) is 48.5 Å². The Hall–Kier alpha value is -3.32. The zero-order valence-electron chi connectivity index (χ0n) is 17.8. The fraction of sp³-hybridized carbons (Fsp3) is 0.304. The lowest BCUT2D eigenvalue weighted by Gasteiger charge is -2.19. The van der Waals surface area contributed by atoms with Crippen LogP contribution < -0.4 is 20.5 Å². The first-order valence-electron chi connectivity index (χ1n) is 9.75. The molecule has 1 aromatic heterocycles. The van der Waals surface area contributed by atoms with Crippen molar-refractivity contribution in [1.82, 2.24) is 10.2 Å². The van der Waals surface area contributed by atoms with E-state index in [1.807, 2.05) is 50.2 Å². The van der Waals surface area contributed by atoms with Crippen LogP contribution in [0, 0.1) is 0 Å². The molecule has 0 aliphatic rings. The summed E-state index contributed by atoms with van der Waals surface area (Å²) in [5, 5.41) is 9.99. The van der Waals surface area contributed by atoms with E-state index in [1.165, 1.54) is 0 Å². The maximum Gasteiger partial charge on any atom is 0.256 e. The monoisotopic (exact) mass is 408 g/mol. The van der Waals surface area contributed by atoms with Crippen molar-refractivity contribution in [3.05, 3.63) is 70.9 Å². The highest BCUT2D eigenvalue weighted by Crippen LogP contribution is 2.23. The second kappa shape index (κ2) is 9.00. The number of amides is 1. The molecule has 0 unspecified atom stereocenters. The molecule has 1 heterocycles. The predicted molar refractivity (Wildman–Crippen MR) is 117 cm³/mol. The number of methoxy groups -OCH3 is 2. The third kappa shape index (κ3) is 5.39. The van der Waals surface area contributed by atoms with Crippen LogP contribution in [0.1, 0.15) is 41.0 Å². The van der Waals surface area contributed by atoms with Gasteiger partial charge in [0.05, 0.1) is 14.2 Å². The van der Waals surface area contributed by atoms with E-state index in [4.69, 9.17) is 15.2 Å². The number of aromatic nitrogens is 2. The molecule has 3 rings (SSSR count). The number of hydrogen-bond donors (Lipinski definition) is 3. The number of nitrogens with zero attached hydrogens (tertiary/aromatic N) is 1. The highest BCUT2D eigenvalue weighted by atomic mass is 16.5. The molecule has 1 amide bonds. The summed E-state index contributed by atoms with van der Waals surface area (Å²) < 4.78 is 10.6. The molecule has 0 atom stereocenters. The molecule has 0 spiro atoms. The molecule has 4 N–H and O–H groups in total.